The molecule has 1 amide bonds. The fraction of sp³-hybridized carbons (Fsp3) is 0.625. The number of carbonyl (C=O) groups excluding carboxylic acids is 1. The number of nitrogens with zero attached hydrogens (tertiary/aromatic N) is 2. The molecule has 2 unspecified atom stereocenters. The number of nitrogens with one attached hydrogen (secondary N) is 1. The molecule has 0 spiro atoms. The molecule has 5 nitrogen and oxygen atoms in total. The largest absolute Gasteiger partial charge is 0.327 e. The van der Waals surface area contributed by atoms with E-state index in [1.54, 1.807) is 13.8 Å². The van der Waals surface area contributed by atoms with Gasteiger partial charge < -0.3 is 11.1 Å². The van der Waals surface area contributed by atoms with Crippen LogP contribution in [-0.2, 0) is 4.79 Å². The van der Waals surface area contributed by atoms with Crippen LogP contribution in [-0.4, -0.2) is 22.1 Å². The Morgan fingerprint density at radius 2 is 2.07 bits per heavy atom. The molecule has 1 aromatic rings. The van der Waals surface area contributed by atoms with Gasteiger partial charge in [-0.2, -0.15) is 0 Å². The van der Waals surface area contributed by atoms with Crippen molar-refractivity contribution in [1.29, 1.82) is 0 Å². The molecule has 2 atom stereocenters. The van der Waals surface area contributed by atoms with Crippen LogP contribution in [0.2, 0.25) is 0 Å². The van der Waals surface area contributed by atoms with E-state index in [-0.39, 0.29) is 30.3 Å². The van der Waals surface area contributed by atoms with Gasteiger partial charge in [0.15, 0.2) is 0 Å². The maximum absolute atomic E-state index is 11.5. The number of amides is 1. The van der Waals surface area contributed by atoms with E-state index < -0.39 is 0 Å². The quantitative estimate of drug-likeness (QED) is 0.845. The molecule has 1 heterocycles. The first-order valence-corrected chi connectivity index (χ1v) is 5.19. The number of nitrogens with two attached hydrogens (primary N) is 1. The molecule has 1 rings (SSSR count). The van der Waals surface area contributed by atoms with Crippen molar-refractivity contribution in [2.24, 2.45) is 11.7 Å². The summed E-state index contributed by atoms with van der Waals surface area (Å²) < 4.78 is 0. The maximum Gasteiger partial charge on any atom is 0.230 e. The summed E-state index contributed by atoms with van der Waals surface area (Å²) in [7, 11) is 0. The summed E-state index contributed by atoms with van der Waals surface area (Å²) in [4.78, 5) is 11.5. The summed E-state index contributed by atoms with van der Waals surface area (Å²) in [5.74, 6) is -0.338. The third kappa shape index (κ3) is 4.11. The number of carbonyl (C=O) groups is 1. The van der Waals surface area contributed by atoms with Gasteiger partial charge in [0.05, 0.1) is 5.92 Å². The SMILES string of the molecule is Cc1nnc(NC(=O)C(C)C(C)N)s1.Cl. The standard InChI is InChI=1S/C8H14N4OS.ClH/c1-4(5(2)9)7(13)10-8-12-11-6(3)14-8;/h4-5H,9H2,1-3H3,(H,10,12,13);1H. The molecule has 7 heteroatoms. The molecule has 0 aliphatic carbocycles. The van der Waals surface area contributed by atoms with E-state index >= 15 is 0 Å². The van der Waals surface area contributed by atoms with Crippen molar-refractivity contribution in [2.45, 2.75) is 26.8 Å². The van der Waals surface area contributed by atoms with Gasteiger partial charge in [0.2, 0.25) is 11.0 Å². The average Bonchev–Trinajstić information content (AvgIpc) is 2.49. The molecule has 0 aliphatic heterocycles. The lowest BCUT2D eigenvalue weighted by Gasteiger charge is -2.13. The van der Waals surface area contributed by atoms with Crippen molar-refractivity contribution in [3.63, 3.8) is 0 Å². The monoisotopic (exact) mass is 250 g/mol. The van der Waals surface area contributed by atoms with Crippen molar-refractivity contribution < 1.29 is 4.79 Å². The Morgan fingerprint density at radius 3 is 2.47 bits per heavy atom. The topological polar surface area (TPSA) is 80.9 Å². The fourth-order valence-electron chi connectivity index (χ4n) is 0.805. The second-order valence-electron chi connectivity index (χ2n) is 3.26. The Labute approximate surface area is 98.9 Å². The van der Waals surface area contributed by atoms with Crippen LogP contribution in [0.1, 0.15) is 18.9 Å². The molecule has 3 N–H and O–H groups in total. The molecule has 0 aromatic carbocycles. The van der Waals surface area contributed by atoms with Crippen molar-refractivity contribution in [3.8, 4) is 0 Å². The summed E-state index contributed by atoms with van der Waals surface area (Å²) in [6.45, 7) is 5.42. The molecule has 15 heavy (non-hydrogen) atoms. The first-order chi connectivity index (χ1) is 6.50. The lowest BCUT2D eigenvalue weighted by Crippen LogP contribution is -2.34. The maximum atomic E-state index is 11.5. The number of hydrogen-bond donors (Lipinski definition) is 2. The summed E-state index contributed by atoms with van der Waals surface area (Å²) in [5, 5.41) is 11.6. The predicted molar refractivity (Wildman–Crippen MR) is 63.3 cm³/mol. The molecule has 0 aliphatic rings. The average molecular weight is 251 g/mol. The number of halogens is 1. The zero-order valence-electron chi connectivity index (χ0n) is 8.85. The highest BCUT2D eigenvalue weighted by Gasteiger charge is 2.18. The minimum atomic E-state index is -0.223. The Kier molecular flexibility index (Phi) is 5.71. The lowest BCUT2D eigenvalue weighted by molar-refractivity contribution is -0.119. The smallest absolute Gasteiger partial charge is 0.230 e. The summed E-state index contributed by atoms with van der Waals surface area (Å²) >= 11 is 1.35. The Morgan fingerprint density at radius 1 is 1.47 bits per heavy atom. The molecule has 86 valence electrons. The molecule has 0 bridgehead atoms. The van der Waals surface area contributed by atoms with Crippen LogP contribution in [0.25, 0.3) is 0 Å². The predicted octanol–water partition coefficient (Wildman–Crippen LogP) is 1.19. The molecule has 0 radical (unpaired) electrons. The van der Waals surface area contributed by atoms with E-state index in [0.717, 1.165) is 5.01 Å². The van der Waals surface area contributed by atoms with Crippen LogP contribution in [0.5, 0.6) is 0 Å². The first kappa shape index (κ1) is 14.3. The minimum Gasteiger partial charge on any atom is -0.327 e. The molecular weight excluding hydrogens is 236 g/mol. The number of aryl methyl sites for hydroxylation is 1. The van der Waals surface area contributed by atoms with E-state index in [4.69, 9.17) is 5.73 Å². The van der Waals surface area contributed by atoms with Gasteiger partial charge in [-0.25, -0.2) is 0 Å². The van der Waals surface area contributed by atoms with Crippen LogP contribution in [0.3, 0.4) is 0 Å². The van der Waals surface area contributed by atoms with Gasteiger partial charge in [-0.15, -0.1) is 22.6 Å². The highest BCUT2D eigenvalue weighted by Crippen LogP contribution is 2.15. The molecule has 0 fully saturated rings. The zero-order chi connectivity index (χ0) is 10.7. The van der Waals surface area contributed by atoms with Crippen molar-refractivity contribution in [1.82, 2.24) is 10.2 Å². The van der Waals surface area contributed by atoms with Gasteiger partial charge in [0, 0.05) is 6.04 Å². The molecular formula is C8H15ClN4OS. The number of rotatable bonds is 3. The first-order valence-electron chi connectivity index (χ1n) is 4.37. The van der Waals surface area contributed by atoms with Crippen LogP contribution in [0, 0.1) is 12.8 Å². The van der Waals surface area contributed by atoms with Gasteiger partial charge >= 0.3 is 0 Å². The van der Waals surface area contributed by atoms with E-state index in [0.29, 0.717) is 5.13 Å². The van der Waals surface area contributed by atoms with Crippen LogP contribution in [0.4, 0.5) is 5.13 Å². The third-order valence-electron chi connectivity index (χ3n) is 1.96. The second-order valence-corrected chi connectivity index (χ2v) is 4.44. The van der Waals surface area contributed by atoms with E-state index in [1.165, 1.54) is 11.3 Å². The van der Waals surface area contributed by atoms with Crippen LogP contribution < -0.4 is 11.1 Å². The van der Waals surface area contributed by atoms with Crippen molar-refractivity contribution >= 4 is 34.8 Å². The second kappa shape index (κ2) is 5.99. The Hall–Kier alpha value is -0.720. The minimum absolute atomic E-state index is 0. The van der Waals surface area contributed by atoms with Crippen LogP contribution >= 0.6 is 23.7 Å². The Balaban J connectivity index is 0.00000196. The highest BCUT2D eigenvalue weighted by atomic mass is 35.5. The normalized spacial score (nSPS) is 13.9. The number of anilines is 1. The summed E-state index contributed by atoms with van der Waals surface area (Å²) in [6, 6.07) is -0.163. The van der Waals surface area contributed by atoms with E-state index in [1.807, 2.05) is 6.92 Å². The van der Waals surface area contributed by atoms with Crippen LogP contribution in [0.15, 0.2) is 0 Å². The van der Waals surface area contributed by atoms with Crippen molar-refractivity contribution in [2.75, 3.05) is 5.32 Å². The van der Waals surface area contributed by atoms with Gasteiger partial charge in [-0.3, -0.25) is 4.79 Å². The summed E-state index contributed by atoms with van der Waals surface area (Å²) in [5.41, 5.74) is 5.60. The van der Waals surface area contributed by atoms with E-state index in [2.05, 4.69) is 15.5 Å². The molecule has 1 aromatic heterocycles. The lowest BCUT2D eigenvalue weighted by atomic mass is 10.0. The van der Waals surface area contributed by atoms with Gasteiger partial charge in [-0.05, 0) is 13.8 Å². The summed E-state index contributed by atoms with van der Waals surface area (Å²) in [6.07, 6.45) is 0. The zero-order valence-corrected chi connectivity index (χ0v) is 10.5. The van der Waals surface area contributed by atoms with Crippen molar-refractivity contribution in [3.05, 3.63) is 5.01 Å². The van der Waals surface area contributed by atoms with Gasteiger partial charge in [0.25, 0.3) is 0 Å². The Bertz CT molecular complexity index is 328. The molecule has 0 saturated carbocycles. The molecule has 0 saturated heterocycles. The highest BCUT2D eigenvalue weighted by molar-refractivity contribution is 7.15. The van der Waals surface area contributed by atoms with E-state index in [9.17, 15) is 4.79 Å². The van der Waals surface area contributed by atoms with Gasteiger partial charge in [0.1, 0.15) is 5.01 Å². The number of aromatic nitrogens is 2. The fourth-order valence-corrected chi connectivity index (χ4v) is 1.40. The number of hydrogen-bond acceptors (Lipinski definition) is 5. The van der Waals surface area contributed by atoms with Gasteiger partial charge in [-0.1, -0.05) is 18.3 Å². The third-order valence-corrected chi connectivity index (χ3v) is 2.71.